The van der Waals surface area contributed by atoms with Crippen LogP contribution in [-0.2, 0) is 23.7 Å². The molecule has 5 nitrogen and oxygen atoms in total. The molecule has 3 aliphatic rings. The fourth-order valence-corrected chi connectivity index (χ4v) is 3.97. The summed E-state index contributed by atoms with van der Waals surface area (Å²) in [4.78, 5) is 11.9. The summed E-state index contributed by atoms with van der Waals surface area (Å²) >= 11 is 0. The maximum atomic E-state index is 11.9. The van der Waals surface area contributed by atoms with Gasteiger partial charge in [0, 0.05) is 24.5 Å². The summed E-state index contributed by atoms with van der Waals surface area (Å²) in [6.45, 7) is 3.87. The average Bonchev–Trinajstić information content (AvgIpc) is 2.88. The summed E-state index contributed by atoms with van der Waals surface area (Å²) in [5, 5.41) is 0. The molecule has 5 heteroatoms. The number of esters is 1. The number of carbonyl (C=O) groups is 1. The Morgan fingerprint density at radius 1 is 1.35 bits per heavy atom. The highest BCUT2D eigenvalue weighted by Crippen LogP contribution is 2.51. The lowest BCUT2D eigenvalue weighted by atomic mass is 9.78. The van der Waals surface area contributed by atoms with Crippen LogP contribution < -0.4 is 0 Å². The Kier molecular flexibility index (Phi) is 3.39. The fraction of sp³-hybridized carbons (Fsp3) is 0.800. The van der Waals surface area contributed by atoms with Gasteiger partial charge in [-0.15, -0.1) is 0 Å². The van der Waals surface area contributed by atoms with Gasteiger partial charge in [-0.25, -0.2) is 4.79 Å². The number of rotatable bonds is 2. The van der Waals surface area contributed by atoms with Gasteiger partial charge in [0.15, 0.2) is 5.79 Å². The van der Waals surface area contributed by atoms with Gasteiger partial charge in [0.25, 0.3) is 0 Å². The van der Waals surface area contributed by atoms with E-state index in [0.717, 1.165) is 18.4 Å². The summed E-state index contributed by atoms with van der Waals surface area (Å²) in [5.41, 5.74) is 0.755. The average molecular weight is 282 g/mol. The number of methoxy groups -OCH3 is 2. The Morgan fingerprint density at radius 3 is 2.75 bits per heavy atom. The lowest BCUT2D eigenvalue weighted by molar-refractivity contribution is -0.167. The standard InChI is InChI=1S/C15H22O5/c1-15(2)19-11-7-9-8(14(16)18-4)5-6-10(17-3)12(9)13(11)20-15/h5,9-13H,6-7H2,1-4H3/t9-,10-,11+,12-,13+/m0/s1. The third kappa shape index (κ3) is 2.08. The third-order valence-corrected chi connectivity index (χ3v) is 4.67. The van der Waals surface area contributed by atoms with Crippen molar-refractivity contribution in [1.82, 2.24) is 0 Å². The SMILES string of the molecule is COC(=O)C1=CC[C@H](OC)[C@H]2[C@@H]3OC(C)(C)O[C@@H]3C[C@@H]12. The lowest BCUT2D eigenvalue weighted by Gasteiger charge is -2.35. The first-order valence-electron chi connectivity index (χ1n) is 7.13. The number of fused-ring (bicyclic) bond motifs is 3. The molecule has 1 saturated heterocycles. The summed E-state index contributed by atoms with van der Waals surface area (Å²) in [5.74, 6) is -0.530. The Hall–Kier alpha value is -0.910. The minimum Gasteiger partial charge on any atom is -0.466 e. The lowest BCUT2D eigenvalue weighted by Crippen LogP contribution is -2.40. The Labute approximate surface area is 119 Å². The molecule has 5 atom stereocenters. The van der Waals surface area contributed by atoms with E-state index in [1.807, 2.05) is 19.9 Å². The molecule has 0 aromatic carbocycles. The monoisotopic (exact) mass is 282 g/mol. The zero-order valence-corrected chi connectivity index (χ0v) is 12.4. The smallest absolute Gasteiger partial charge is 0.333 e. The molecule has 1 aliphatic heterocycles. The van der Waals surface area contributed by atoms with Crippen LogP contribution in [-0.4, -0.2) is 44.3 Å². The molecule has 0 N–H and O–H groups in total. The predicted octanol–water partition coefficient (Wildman–Crippen LogP) is 1.66. The summed E-state index contributed by atoms with van der Waals surface area (Å²) in [6, 6.07) is 0. The molecule has 3 rings (SSSR count). The predicted molar refractivity (Wildman–Crippen MR) is 70.9 cm³/mol. The van der Waals surface area contributed by atoms with Gasteiger partial charge in [-0.1, -0.05) is 6.08 Å². The quantitative estimate of drug-likeness (QED) is 0.721. The van der Waals surface area contributed by atoms with Crippen LogP contribution in [0.2, 0.25) is 0 Å². The summed E-state index contributed by atoms with van der Waals surface area (Å²) < 4.78 is 22.5. The van der Waals surface area contributed by atoms with E-state index in [1.165, 1.54) is 7.11 Å². The van der Waals surface area contributed by atoms with Gasteiger partial charge in [0.2, 0.25) is 0 Å². The van der Waals surface area contributed by atoms with Crippen molar-refractivity contribution in [2.45, 2.75) is 50.8 Å². The second-order valence-electron chi connectivity index (χ2n) is 6.22. The molecule has 0 unspecified atom stereocenters. The van der Waals surface area contributed by atoms with Crippen molar-refractivity contribution < 1.29 is 23.7 Å². The van der Waals surface area contributed by atoms with Crippen molar-refractivity contribution in [2.24, 2.45) is 11.8 Å². The van der Waals surface area contributed by atoms with Crippen LogP contribution in [0.5, 0.6) is 0 Å². The minimum absolute atomic E-state index is 0.00620. The van der Waals surface area contributed by atoms with Gasteiger partial charge < -0.3 is 18.9 Å². The Morgan fingerprint density at radius 2 is 2.10 bits per heavy atom. The van der Waals surface area contributed by atoms with Crippen LogP contribution in [0, 0.1) is 11.8 Å². The second-order valence-corrected chi connectivity index (χ2v) is 6.22. The zero-order valence-electron chi connectivity index (χ0n) is 12.4. The van der Waals surface area contributed by atoms with Crippen LogP contribution in [0.15, 0.2) is 11.6 Å². The molecule has 2 fully saturated rings. The first-order chi connectivity index (χ1) is 9.46. The molecule has 0 spiro atoms. The van der Waals surface area contributed by atoms with E-state index < -0.39 is 5.79 Å². The van der Waals surface area contributed by atoms with Crippen LogP contribution in [0.4, 0.5) is 0 Å². The molecule has 112 valence electrons. The van der Waals surface area contributed by atoms with E-state index in [9.17, 15) is 4.79 Å². The number of hydrogen-bond acceptors (Lipinski definition) is 5. The van der Waals surface area contributed by atoms with Crippen LogP contribution in [0.25, 0.3) is 0 Å². The van der Waals surface area contributed by atoms with Gasteiger partial charge >= 0.3 is 5.97 Å². The van der Waals surface area contributed by atoms with E-state index in [4.69, 9.17) is 18.9 Å². The van der Waals surface area contributed by atoms with Gasteiger partial charge in [0.1, 0.15) is 0 Å². The molecule has 0 bridgehead atoms. The minimum atomic E-state index is -0.550. The molecule has 0 amide bonds. The molecule has 0 radical (unpaired) electrons. The molecule has 0 aromatic heterocycles. The van der Waals surface area contributed by atoms with Crippen LogP contribution in [0.1, 0.15) is 26.7 Å². The van der Waals surface area contributed by atoms with E-state index >= 15 is 0 Å². The maximum absolute atomic E-state index is 11.9. The second kappa shape index (κ2) is 4.83. The number of hydrogen-bond donors (Lipinski definition) is 0. The largest absolute Gasteiger partial charge is 0.466 e. The fourth-order valence-electron chi connectivity index (χ4n) is 3.97. The van der Waals surface area contributed by atoms with Crippen molar-refractivity contribution in [3.8, 4) is 0 Å². The van der Waals surface area contributed by atoms with Crippen LogP contribution in [0.3, 0.4) is 0 Å². The molecule has 1 heterocycles. The molecule has 2 aliphatic carbocycles. The van der Waals surface area contributed by atoms with E-state index in [1.54, 1.807) is 7.11 Å². The van der Waals surface area contributed by atoms with Gasteiger partial charge in [-0.3, -0.25) is 0 Å². The van der Waals surface area contributed by atoms with Gasteiger partial charge in [0.05, 0.1) is 25.4 Å². The van der Waals surface area contributed by atoms with Gasteiger partial charge in [-0.05, 0) is 26.7 Å². The highest BCUT2D eigenvalue weighted by atomic mass is 16.8. The molecule has 20 heavy (non-hydrogen) atoms. The number of ether oxygens (including phenoxy) is 4. The van der Waals surface area contributed by atoms with Crippen molar-refractivity contribution in [2.75, 3.05) is 14.2 Å². The van der Waals surface area contributed by atoms with Crippen molar-refractivity contribution in [3.63, 3.8) is 0 Å². The van der Waals surface area contributed by atoms with E-state index in [2.05, 4.69) is 0 Å². The molecule has 1 saturated carbocycles. The van der Waals surface area contributed by atoms with E-state index in [-0.39, 0.29) is 36.1 Å². The first-order valence-corrected chi connectivity index (χ1v) is 7.13. The molecular weight excluding hydrogens is 260 g/mol. The molecular formula is C15H22O5. The van der Waals surface area contributed by atoms with E-state index in [0.29, 0.717) is 0 Å². The Bertz CT molecular complexity index is 442. The highest BCUT2D eigenvalue weighted by Gasteiger charge is 2.58. The van der Waals surface area contributed by atoms with Crippen molar-refractivity contribution in [3.05, 3.63) is 11.6 Å². The summed E-state index contributed by atoms with van der Waals surface area (Å²) in [6.07, 6.45) is 3.56. The highest BCUT2D eigenvalue weighted by molar-refractivity contribution is 5.89. The van der Waals surface area contributed by atoms with Crippen LogP contribution >= 0.6 is 0 Å². The van der Waals surface area contributed by atoms with Gasteiger partial charge in [-0.2, -0.15) is 0 Å². The maximum Gasteiger partial charge on any atom is 0.333 e. The normalized spacial score (nSPS) is 41.8. The summed E-state index contributed by atoms with van der Waals surface area (Å²) in [7, 11) is 3.14. The van der Waals surface area contributed by atoms with Crippen molar-refractivity contribution >= 4 is 5.97 Å². The zero-order chi connectivity index (χ0) is 14.5. The Balaban J connectivity index is 1.89. The van der Waals surface area contributed by atoms with Crippen molar-refractivity contribution in [1.29, 1.82) is 0 Å². The first kappa shape index (κ1) is 14.0. The number of carbonyl (C=O) groups excluding carboxylic acids is 1. The molecule has 0 aromatic rings. The topological polar surface area (TPSA) is 54.0 Å². The third-order valence-electron chi connectivity index (χ3n) is 4.67.